The minimum atomic E-state index is -0.182. The monoisotopic (exact) mass is 433 g/mol. The van der Waals surface area contributed by atoms with Crippen LogP contribution < -0.4 is 16.0 Å². The van der Waals surface area contributed by atoms with E-state index in [0.29, 0.717) is 11.3 Å². The topological polar surface area (TPSA) is 70.2 Å². The Morgan fingerprint density at radius 2 is 1.68 bits per heavy atom. The van der Waals surface area contributed by atoms with Crippen LogP contribution in [0.2, 0.25) is 0 Å². The Balaban J connectivity index is 1.41. The third-order valence-corrected chi connectivity index (χ3v) is 6.50. The predicted molar refractivity (Wildman–Crippen MR) is 125 cm³/mol. The number of hydrogen-bond donors (Lipinski definition) is 3. The van der Waals surface area contributed by atoms with Gasteiger partial charge in [0.25, 0.3) is 5.91 Å². The first-order valence-corrected chi connectivity index (χ1v) is 11.6. The van der Waals surface area contributed by atoms with Crippen LogP contribution in [0.3, 0.4) is 0 Å². The van der Waals surface area contributed by atoms with E-state index in [1.807, 2.05) is 41.8 Å². The van der Waals surface area contributed by atoms with Gasteiger partial charge < -0.3 is 10.6 Å². The van der Waals surface area contributed by atoms with Gasteiger partial charge in [0.05, 0.1) is 23.8 Å². The van der Waals surface area contributed by atoms with Gasteiger partial charge >= 0.3 is 0 Å². The molecule has 1 heterocycles. The Hall–Kier alpha value is -2.96. The molecule has 6 heteroatoms. The van der Waals surface area contributed by atoms with E-state index in [0.717, 1.165) is 36.1 Å². The maximum atomic E-state index is 12.7. The van der Waals surface area contributed by atoms with Crippen LogP contribution in [0.15, 0.2) is 72.1 Å². The predicted octanol–water partition coefficient (Wildman–Crippen LogP) is 4.74. The van der Waals surface area contributed by atoms with E-state index in [2.05, 4.69) is 34.1 Å². The van der Waals surface area contributed by atoms with Gasteiger partial charge in [-0.1, -0.05) is 61.4 Å². The first kappa shape index (κ1) is 21.3. The molecule has 1 aliphatic carbocycles. The van der Waals surface area contributed by atoms with Crippen LogP contribution in [0, 0.1) is 0 Å². The highest BCUT2D eigenvalue weighted by molar-refractivity contribution is 7.10. The van der Waals surface area contributed by atoms with Crippen LogP contribution in [0.4, 0.5) is 5.69 Å². The Bertz CT molecular complexity index is 999. The second-order valence-corrected chi connectivity index (χ2v) is 8.77. The van der Waals surface area contributed by atoms with Crippen LogP contribution in [-0.4, -0.2) is 24.4 Å². The maximum Gasteiger partial charge on any atom is 0.253 e. The van der Waals surface area contributed by atoms with Crippen LogP contribution in [0.5, 0.6) is 0 Å². The zero-order chi connectivity index (χ0) is 21.5. The molecule has 160 valence electrons. The minimum absolute atomic E-state index is 0.0622. The first-order chi connectivity index (χ1) is 15.2. The number of carbonyl (C=O) groups is 2. The third kappa shape index (κ3) is 5.60. The van der Waals surface area contributed by atoms with E-state index in [9.17, 15) is 9.59 Å². The average molecular weight is 434 g/mol. The summed E-state index contributed by atoms with van der Waals surface area (Å²) in [6.07, 6.45) is 4.35. The number of para-hydroxylation sites is 1. The lowest BCUT2D eigenvalue weighted by atomic mass is 10.1. The fraction of sp³-hybridized carbons (Fsp3) is 0.280. The van der Waals surface area contributed by atoms with E-state index >= 15 is 0 Å². The van der Waals surface area contributed by atoms with E-state index in [4.69, 9.17) is 0 Å². The summed E-state index contributed by atoms with van der Waals surface area (Å²) in [5.41, 5.74) is 2.15. The zero-order valence-electron chi connectivity index (χ0n) is 17.3. The highest BCUT2D eigenvalue weighted by Gasteiger charge is 2.21. The van der Waals surface area contributed by atoms with Crippen molar-refractivity contribution in [1.29, 1.82) is 0 Å². The largest absolute Gasteiger partial charge is 0.349 e. The van der Waals surface area contributed by atoms with Crippen molar-refractivity contribution in [2.24, 2.45) is 0 Å². The SMILES string of the molecule is O=C(CN[C@@H](c1ccccc1)c1cccs1)Nc1ccccc1C(=O)NC1CCCC1. The third-order valence-electron chi connectivity index (χ3n) is 5.56. The maximum absolute atomic E-state index is 12.7. The lowest BCUT2D eigenvalue weighted by molar-refractivity contribution is -0.115. The van der Waals surface area contributed by atoms with Gasteiger partial charge in [-0.15, -0.1) is 11.3 Å². The summed E-state index contributed by atoms with van der Waals surface area (Å²) in [5.74, 6) is -0.310. The van der Waals surface area contributed by atoms with Crippen molar-refractivity contribution in [1.82, 2.24) is 10.6 Å². The van der Waals surface area contributed by atoms with Crippen LogP contribution in [-0.2, 0) is 4.79 Å². The number of anilines is 1. The summed E-state index contributed by atoms with van der Waals surface area (Å²) in [7, 11) is 0. The van der Waals surface area contributed by atoms with Crippen molar-refractivity contribution in [2.75, 3.05) is 11.9 Å². The normalized spacial score (nSPS) is 14.8. The highest BCUT2D eigenvalue weighted by Crippen LogP contribution is 2.26. The lowest BCUT2D eigenvalue weighted by Crippen LogP contribution is -2.34. The van der Waals surface area contributed by atoms with Crippen molar-refractivity contribution in [2.45, 2.75) is 37.8 Å². The zero-order valence-corrected chi connectivity index (χ0v) is 18.2. The first-order valence-electron chi connectivity index (χ1n) is 10.7. The molecule has 2 aromatic carbocycles. The molecule has 0 bridgehead atoms. The number of rotatable bonds is 8. The van der Waals surface area contributed by atoms with E-state index in [1.165, 1.54) is 0 Å². The summed E-state index contributed by atoms with van der Waals surface area (Å²) in [6, 6.07) is 21.5. The highest BCUT2D eigenvalue weighted by atomic mass is 32.1. The molecule has 0 radical (unpaired) electrons. The van der Waals surface area contributed by atoms with Crippen molar-refractivity contribution in [3.63, 3.8) is 0 Å². The smallest absolute Gasteiger partial charge is 0.253 e. The minimum Gasteiger partial charge on any atom is -0.349 e. The molecule has 4 rings (SSSR count). The lowest BCUT2D eigenvalue weighted by Gasteiger charge is -2.19. The van der Waals surface area contributed by atoms with Gasteiger partial charge in [0.1, 0.15) is 0 Å². The van der Waals surface area contributed by atoms with Crippen LogP contribution >= 0.6 is 11.3 Å². The number of hydrogen-bond acceptors (Lipinski definition) is 4. The average Bonchev–Trinajstić information content (AvgIpc) is 3.50. The van der Waals surface area contributed by atoms with Gasteiger partial charge in [0, 0.05) is 10.9 Å². The molecule has 1 atom stereocenters. The van der Waals surface area contributed by atoms with Crippen molar-refractivity contribution >= 4 is 28.8 Å². The van der Waals surface area contributed by atoms with Crippen molar-refractivity contribution in [3.05, 3.63) is 88.1 Å². The van der Waals surface area contributed by atoms with E-state index in [1.54, 1.807) is 23.5 Å². The van der Waals surface area contributed by atoms with Gasteiger partial charge in [0.15, 0.2) is 0 Å². The molecule has 3 aromatic rings. The van der Waals surface area contributed by atoms with Gasteiger partial charge in [-0.25, -0.2) is 0 Å². The molecular weight excluding hydrogens is 406 g/mol. The summed E-state index contributed by atoms with van der Waals surface area (Å²) in [5, 5.41) is 11.4. The Labute approximate surface area is 186 Å². The number of benzene rings is 2. The number of carbonyl (C=O) groups excluding carboxylic acids is 2. The van der Waals surface area contributed by atoms with Gasteiger partial charge in [-0.2, -0.15) is 0 Å². The Morgan fingerprint density at radius 1 is 0.935 bits per heavy atom. The molecular formula is C25H27N3O2S. The van der Waals surface area contributed by atoms with Crippen LogP contribution in [0.1, 0.15) is 52.5 Å². The van der Waals surface area contributed by atoms with Gasteiger partial charge in [-0.3, -0.25) is 14.9 Å². The summed E-state index contributed by atoms with van der Waals surface area (Å²) in [6.45, 7) is 0.135. The molecule has 0 unspecified atom stereocenters. The molecule has 2 amide bonds. The van der Waals surface area contributed by atoms with Crippen molar-refractivity contribution in [3.8, 4) is 0 Å². The Morgan fingerprint density at radius 3 is 2.42 bits per heavy atom. The molecule has 1 aliphatic rings. The van der Waals surface area contributed by atoms with Crippen molar-refractivity contribution < 1.29 is 9.59 Å². The second kappa shape index (κ2) is 10.4. The molecule has 0 spiro atoms. The number of nitrogens with one attached hydrogen (secondary N) is 3. The Kier molecular flexibility index (Phi) is 7.12. The molecule has 1 fully saturated rings. The van der Waals surface area contributed by atoms with E-state index in [-0.39, 0.29) is 30.4 Å². The quantitative estimate of drug-likeness (QED) is 0.481. The summed E-state index contributed by atoms with van der Waals surface area (Å²) >= 11 is 1.66. The standard InChI is InChI=1S/C25H27N3O2S/c29-23(17-26-24(22-15-8-16-31-22)18-9-2-1-3-10-18)28-21-14-7-6-13-20(21)25(30)27-19-11-4-5-12-19/h1-3,6-10,13-16,19,24,26H,4-5,11-12,17H2,(H,27,30)(H,28,29)/t24-/m0/s1. The summed E-state index contributed by atoms with van der Waals surface area (Å²) < 4.78 is 0. The molecule has 0 saturated heterocycles. The van der Waals surface area contributed by atoms with E-state index < -0.39 is 0 Å². The molecule has 1 saturated carbocycles. The van der Waals surface area contributed by atoms with Crippen LogP contribution in [0.25, 0.3) is 0 Å². The van der Waals surface area contributed by atoms with Gasteiger partial charge in [-0.05, 0) is 42.0 Å². The summed E-state index contributed by atoms with van der Waals surface area (Å²) in [4.78, 5) is 26.6. The molecule has 5 nitrogen and oxygen atoms in total. The fourth-order valence-electron chi connectivity index (χ4n) is 4.00. The molecule has 31 heavy (non-hydrogen) atoms. The number of thiophene rings is 1. The van der Waals surface area contributed by atoms with Gasteiger partial charge in [0.2, 0.25) is 5.91 Å². The number of amides is 2. The molecule has 3 N–H and O–H groups in total. The second-order valence-electron chi connectivity index (χ2n) is 7.79. The molecule has 1 aromatic heterocycles. The molecule has 0 aliphatic heterocycles. The fourth-order valence-corrected chi connectivity index (χ4v) is 4.82.